The molecule has 3 fully saturated rings. The lowest BCUT2D eigenvalue weighted by molar-refractivity contribution is 0.393. The lowest BCUT2D eigenvalue weighted by Crippen LogP contribution is -1.99. The van der Waals surface area contributed by atoms with Crippen LogP contribution in [-0.2, 0) is 148 Å². The average Bonchev–Trinajstić information content (AvgIpc) is 1.57. The highest BCUT2D eigenvalue weighted by Crippen LogP contribution is 2.45. The number of nitrogens with zero attached hydrogens (tertiary/aromatic N) is 12. The Morgan fingerprint density at radius 1 is 0.565 bits per heavy atom. The van der Waals surface area contributed by atoms with E-state index < -0.39 is 0 Å². The molecular weight excluding hydrogens is 1440 g/mol. The number of aromatic amines is 2. The smallest absolute Gasteiger partial charge is 0.143 e. The molecule has 3 aliphatic rings. The molecule has 11 aromatic rings. The molecule has 0 aliphatic heterocycles. The van der Waals surface area contributed by atoms with Crippen molar-refractivity contribution in [1.29, 1.82) is 0 Å². The van der Waals surface area contributed by atoms with Gasteiger partial charge in [0.15, 0.2) is 0 Å². The second-order valence-corrected chi connectivity index (χ2v) is 41.4. The van der Waals surface area contributed by atoms with E-state index in [1.807, 2.05) is 90.4 Å². The summed E-state index contributed by atoms with van der Waals surface area (Å²) in [7, 11) is 27.3. The normalized spacial score (nSPS) is 12.9. The number of methoxy groups -OCH3 is 2. The van der Waals surface area contributed by atoms with E-state index in [9.17, 15) is 0 Å². The minimum atomic E-state index is 0. The lowest BCUT2D eigenvalue weighted by Gasteiger charge is -2.09. The van der Waals surface area contributed by atoms with Crippen LogP contribution < -0.4 is 15.2 Å². The van der Waals surface area contributed by atoms with Crippen LogP contribution in [0.3, 0.4) is 0 Å². The summed E-state index contributed by atoms with van der Waals surface area (Å²) in [6, 6.07) is 8.12. The fraction of sp³-hybridized carbons (Fsp3) is 0.407. The highest BCUT2D eigenvalue weighted by molar-refractivity contribution is 8.75. The number of rotatable bonds is 9. The molecule has 0 radical (unpaired) electrons. The van der Waals surface area contributed by atoms with Crippen LogP contribution in [0.15, 0.2) is 51.9 Å². The molecule has 492 valence electrons. The summed E-state index contributed by atoms with van der Waals surface area (Å²) in [6.45, 7) is 13.5. The van der Waals surface area contributed by atoms with Crippen molar-refractivity contribution < 1.29 is 18.5 Å². The largest absolute Gasteiger partial charge is 0.496 e. The summed E-state index contributed by atoms with van der Waals surface area (Å²) in [4.78, 5) is 25.1. The molecule has 0 unspecified atom stereocenters. The first-order valence-corrected chi connectivity index (χ1v) is 44.4. The molecule has 2 aromatic carbocycles. The van der Waals surface area contributed by atoms with Gasteiger partial charge in [0.25, 0.3) is 0 Å². The molecule has 92 heavy (non-hydrogen) atoms. The van der Waals surface area contributed by atoms with Gasteiger partial charge < -0.3 is 34.2 Å². The second-order valence-electron chi connectivity index (χ2n) is 21.5. The number of anilines is 1. The number of nitrogen functional groups attached to an aromatic ring is 1. The summed E-state index contributed by atoms with van der Waals surface area (Å²) >= 11 is 15.7. The van der Waals surface area contributed by atoms with Gasteiger partial charge in [-0.1, -0.05) is 36.8 Å². The maximum Gasteiger partial charge on any atom is 0.143 e. The van der Waals surface area contributed by atoms with E-state index >= 15 is 0 Å². The van der Waals surface area contributed by atoms with E-state index in [0.29, 0.717) is 28.5 Å². The molecule has 0 bridgehead atoms. The van der Waals surface area contributed by atoms with E-state index in [-0.39, 0.29) is 14.9 Å². The Balaban J connectivity index is 0.000000161. The number of aromatic nitrogens is 14. The topological polar surface area (TPSA) is 233 Å². The van der Waals surface area contributed by atoms with Crippen molar-refractivity contribution in [3.63, 3.8) is 0 Å². The summed E-state index contributed by atoms with van der Waals surface area (Å²) in [5.74, 6) is 6.41. The molecule has 14 rings (SSSR count). The first-order chi connectivity index (χ1) is 43.4. The summed E-state index contributed by atoms with van der Waals surface area (Å²) in [5, 5.41) is 25.8. The van der Waals surface area contributed by atoms with Gasteiger partial charge in [0, 0.05) is 222 Å². The van der Waals surface area contributed by atoms with Gasteiger partial charge in [0.05, 0.1) is 70.6 Å². The van der Waals surface area contributed by atoms with Gasteiger partial charge in [-0.05, 0) is 122 Å². The minimum Gasteiger partial charge on any atom is -0.496 e. The lowest BCUT2D eigenvalue weighted by atomic mass is 9.99. The summed E-state index contributed by atoms with van der Waals surface area (Å²) < 4.78 is 27.7. The Kier molecular flexibility index (Phi) is 26.0. The van der Waals surface area contributed by atoms with Gasteiger partial charge in [-0.25, -0.2) is 19.9 Å². The number of benzene rings is 2. The van der Waals surface area contributed by atoms with Gasteiger partial charge in [0.1, 0.15) is 51.1 Å². The fourth-order valence-corrected chi connectivity index (χ4v) is 35.8. The van der Waals surface area contributed by atoms with E-state index in [1.54, 1.807) is 98.8 Å². The molecule has 0 spiro atoms. The third-order valence-corrected chi connectivity index (χ3v) is 37.3. The van der Waals surface area contributed by atoms with Crippen molar-refractivity contribution in [2.24, 2.45) is 21.1 Å². The van der Waals surface area contributed by atoms with Crippen LogP contribution in [0.25, 0.3) is 66.1 Å². The number of halogens is 1. The highest BCUT2D eigenvalue weighted by atomic mass is 35.5. The molecule has 33 heteroatoms. The number of fused-ring (bicyclic) bond motifs is 6. The summed E-state index contributed by atoms with van der Waals surface area (Å²) in [5.41, 5.74) is 22.6. The molecule has 3 saturated carbocycles. The Bertz CT molecular complexity index is 4920. The van der Waals surface area contributed by atoms with Crippen molar-refractivity contribution in [3.8, 4) is 33.8 Å². The maximum absolute atomic E-state index is 6.33. The number of ether oxygens (including phenoxy) is 2. The van der Waals surface area contributed by atoms with Crippen LogP contribution >= 0.6 is 11.6 Å². The molecular formula is C59H72ClN15O4S13. The molecule has 0 amide bonds. The van der Waals surface area contributed by atoms with Crippen molar-refractivity contribution in [2.75, 3.05) is 20.0 Å². The van der Waals surface area contributed by atoms with Crippen molar-refractivity contribution in [3.05, 3.63) is 116 Å². The van der Waals surface area contributed by atoms with Crippen LogP contribution in [0.1, 0.15) is 140 Å². The zero-order valence-electron chi connectivity index (χ0n) is 51.0. The van der Waals surface area contributed by atoms with Crippen molar-refractivity contribution >= 4 is 181 Å². The molecule has 19 nitrogen and oxygen atoms in total. The van der Waals surface area contributed by atoms with E-state index in [1.165, 1.54) is 78.8 Å². The van der Waals surface area contributed by atoms with Gasteiger partial charge in [-0.15, -0.1) is 0 Å². The Labute approximate surface area is 580 Å². The van der Waals surface area contributed by atoms with Gasteiger partial charge in [-0.3, -0.25) is 14.0 Å². The van der Waals surface area contributed by atoms with Gasteiger partial charge >= 0.3 is 0 Å². The van der Waals surface area contributed by atoms with Crippen molar-refractivity contribution in [1.82, 2.24) is 69.6 Å². The molecule has 9 aromatic heterocycles. The van der Waals surface area contributed by atoms with E-state index in [4.69, 9.17) is 73.3 Å². The van der Waals surface area contributed by atoms with E-state index in [0.717, 1.165) is 130 Å². The molecule has 9 heterocycles. The van der Waals surface area contributed by atoms with Crippen LogP contribution in [0, 0.1) is 48.5 Å². The predicted molar refractivity (Wildman–Crippen MR) is 407 cm³/mol. The van der Waals surface area contributed by atoms with Crippen molar-refractivity contribution in [2.45, 2.75) is 126 Å². The third-order valence-electron chi connectivity index (χ3n) is 14.8. The fourth-order valence-electron chi connectivity index (χ4n) is 10.8. The quantitative estimate of drug-likeness (QED) is 0.114. The second kappa shape index (κ2) is 33.0. The number of aryl methyl sites for hydroxylation is 10. The van der Waals surface area contributed by atoms with Crippen LogP contribution in [0.2, 0.25) is 5.15 Å². The van der Waals surface area contributed by atoms with Crippen LogP contribution in [0.4, 0.5) is 5.69 Å². The number of H-pyrrole nitrogens is 2. The number of hydrogen-bond acceptors (Lipinski definition) is 16. The summed E-state index contributed by atoms with van der Waals surface area (Å²) in [6.07, 6.45) is 14.5. The van der Waals surface area contributed by atoms with E-state index in [2.05, 4.69) is 71.9 Å². The number of nitrogens with one attached hydrogen (secondary N) is 2. The Hall–Kier alpha value is -5.20. The zero-order chi connectivity index (χ0) is 63.9. The minimum absolute atomic E-state index is 0. The predicted octanol–water partition coefficient (Wildman–Crippen LogP) is 13.0. The zero-order valence-corrected chi connectivity index (χ0v) is 62.4. The SMILES string of the molecule is C.C.COc1cc2c(cc1-c1c(C)noc1C)[nH]c1nc(C)nc(Cc3cn(C)nc3C3CC3)c12.COc1cc2c(cc1-c1c(C)noc1C)[nH]c1nc(C)nc(Cl)c12.Cc1cn(C)nc1C1CC1.Cn1cc(N)c(C2CC2)n1.S=S=S=S=S=S=S=S=S=S=S=S=S. The maximum atomic E-state index is 6.33. The number of nitrogens with two attached hydrogens (primary N) is 1. The standard InChI is InChI=1S/C25H26N6O2.C17H15ClN4O2.C8H12N2.C7H11N3.2CH4.S13/c1-12-22(13(2)33-30-12)18-9-19-17(10-21(18)32-5)23-20(26-14(3)27-25(23)28-19)8-16-11-31(4)29-24(16)15-6-7-15;1-7-14(8(2)24-22-7)11-5-12-10(6-13(11)23-4)15-16(18)19-9(3)20-17(15)21-12;1-6-5-10(2)9-8(6)7-3-4-7;1-10-4-6(8)7(9-10)5-2-3-5;;;1-3-5-7-9-11-13-12-10-8-6-4-2/h9-11,15H,6-8H2,1-5H3,(H,26,27,28);5-6H,1-4H3,(H,19,20,21);5,7H,3-4H2,1-2H3;4-5H,2-3,8H2,1H3;2*1H4;. The monoisotopic (exact) mass is 1510 g/mol. The molecule has 3 aliphatic carbocycles. The third kappa shape index (κ3) is 17.6. The van der Waals surface area contributed by atoms with Gasteiger partial charge in [0.2, 0.25) is 0 Å². The molecule has 0 atom stereocenters. The average molecular weight is 1510 g/mol. The molecule has 0 saturated heterocycles. The van der Waals surface area contributed by atoms with Crippen LogP contribution in [0.5, 0.6) is 11.5 Å². The Morgan fingerprint density at radius 3 is 1.42 bits per heavy atom. The van der Waals surface area contributed by atoms with Gasteiger partial charge in [-0.2, -0.15) is 15.3 Å². The number of hydrogen-bond donors (Lipinski definition) is 3. The first-order valence-electron chi connectivity index (χ1n) is 28.0. The first kappa shape index (κ1) is 72.6. The molecule has 4 N–H and O–H groups in total. The Morgan fingerprint density at radius 2 is 0.989 bits per heavy atom. The highest BCUT2D eigenvalue weighted by Gasteiger charge is 2.31. The van der Waals surface area contributed by atoms with Crippen LogP contribution in [-0.4, -0.2) is 83.8 Å².